The van der Waals surface area contributed by atoms with Gasteiger partial charge >= 0.3 is 5.97 Å². The van der Waals surface area contributed by atoms with Gasteiger partial charge in [-0.1, -0.05) is 18.2 Å². The molecule has 1 aromatic carbocycles. The predicted molar refractivity (Wildman–Crippen MR) is 106 cm³/mol. The van der Waals surface area contributed by atoms with E-state index in [9.17, 15) is 9.59 Å². The molecule has 1 atom stereocenters. The number of carbonyl (C=O) groups is 2. The molecule has 7 nitrogen and oxygen atoms in total. The molecule has 2 rings (SSSR count). The van der Waals surface area contributed by atoms with Crippen molar-refractivity contribution >= 4 is 24.3 Å². The summed E-state index contributed by atoms with van der Waals surface area (Å²) < 4.78 is 5.30. The number of aliphatic carboxylic acids is 1. The van der Waals surface area contributed by atoms with Gasteiger partial charge in [0.15, 0.2) is 0 Å². The van der Waals surface area contributed by atoms with Crippen molar-refractivity contribution in [1.82, 2.24) is 15.1 Å². The van der Waals surface area contributed by atoms with Gasteiger partial charge in [-0.25, -0.2) is 0 Å². The Morgan fingerprint density at radius 1 is 1.30 bits per heavy atom. The number of benzene rings is 1. The molecule has 1 saturated heterocycles. The van der Waals surface area contributed by atoms with Crippen LogP contribution in [-0.2, 0) is 16.1 Å². The Kier molecular flexibility index (Phi) is 10.1. The third-order valence-electron chi connectivity index (χ3n) is 4.83. The number of carbonyl (C=O) groups excluding carboxylic acids is 1. The summed E-state index contributed by atoms with van der Waals surface area (Å²) in [7, 11) is 3.48. The van der Waals surface area contributed by atoms with Gasteiger partial charge in [-0.2, -0.15) is 0 Å². The topological polar surface area (TPSA) is 82.1 Å². The second kappa shape index (κ2) is 11.8. The molecule has 1 aliphatic heterocycles. The van der Waals surface area contributed by atoms with Gasteiger partial charge in [0, 0.05) is 24.7 Å². The largest absolute Gasteiger partial charge is 0.496 e. The molecule has 0 radical (unpaired) electrons. The van der Waals surface area contributed by atoms with Crippen molar-refractivity contribution in [2.24, 2.45) is 0 Å². The molecule has 0 aromatic heterocycles. The highest BCUT2D eigenvalue weighted by Crippen LogP contribution is 2.17. The summed E-state index contributed by atoms with van der Waals surface area (Å²) in [5.41, 5.74) is 0.953. The zero-order valence-corrected chi connectivity index (χ0v) is 16.8. The average Bonchev–Trinajstić information content (AvgIpc) is 2.85. The standard InChI is InChI=1S/C19H29N3O4.ClH/c1-21(14-19(24)25)16-7-5-10-22(11-9-16)13-18(23)20-12-15-6-3-4-8-17(15)26-2;/h3-4,6,8,16H,5,7,9-14H2,1-2H3,(H,20,23)(H,24,25);1H. The molecule has 0 spiro atoms. The summed E-state index contributed by atoms with van der Waals surface area (Å²) in [6.45, 7) is 2.53. The van der Waals surface area contributed by atoms with Crippen LogP contribution in [0.15, 0.2) is 24.3 Å². The third-order valence-corrected chi connectivity index (χ3v) is 4.83. The molecule has 0 bridgehead atoms. The monoisotopic (exact) mass is 399 g/mol. The van der Waals surface area contributed by atoms with Crippen molar-refractivity contribution in [2.75, 3.05) is 40.3 Å². The van der Waals surface area contributed by atoms with E-state index in [1.807, 2.05) is 36.2 Å². The first-order chi connectivity index (χ1) is 12.5. The number of amides is 1. The Balaban J connectivity index is 0.00000364. The van der Waals surface area contributed by atoms with E-state index >= 15 is 0 Å². The third kappa shape index (κ3) is 7.74. The fourth-order valence-corrected chi connectivity index (χ4v) is 3.38. The van der Waals surface area contributed by atoms with E-state index in [-0.39, 0.29) is 30.9 Å². The summed E-state index contributed by atoms with van der Waals surface area (Å²) in [5, 5.41) is 11.9. The fraction of sp³-hybridized carbons (Fsp3) is 0.579. The average molecular weight is 400 g/mol. The van der Waals surface area contributed by atoms with Gasteiger partial charge in [-0.15, -0.1) is 12.4 Å². The summed E-state index contributed by atoms with van der Waals surface area (Å²) >= 11 is 0. The maximum absolute atomic E-state index is 12.3. The molecule has 0 aliphatic carbocycles. The van der Waals surface area contributed by atoms with Crippen LogP contribution >= 0.6 is 12.4 Å². The van der Waals surface area contributed by atoms with Gasteiger partial charge in [0.05, 0.1) is 20.2 Å². The van der Waals surface area contributed by atoms with Crippen molar-refractivity contribution < 1.29 is 19.4 Å². The molecule has 1 fully saturated rings. The maximum atomic E-state index is 12.3. The summed E-state index contributed by atoms with van der Waals surface area (Å²) in [6, 6.07) is 7.90. The summed E-state index contributed by atoms with van der Waals surface area (Å²) in [4.78, 5) is 27.2. The van der Waals surface area contributed by atoms with Crippen LogP contribution in [-0.4, -0.2) is 73.2 Å². The first kappa shape index (κ1) is 23.2. The minimum absolute atomic E-state index is 0. The van der Waals surface area contributed by atoms with E-state index in [1.165, 1.54) is 0 Å². The number of halogens is 1. The molecular weight excluding hydrogens is 370 g/mol. The normalized spacial score (nSPS) is 17.7. The van der Waals surface area contributed by atoms with Crippen LogP contribution in [0.4, 0.5) is 0 Å². The number of carboxylic acid groups (broad SMARTS) is 1. The second-order valence-corrected chi connectivity index (χ2v) is 6.76. The van der Waals surface area contributed by atoms with Gasteiger partial charge in [0.25, 0.3) is 0 Å². The molecule has 1 heterocycles. The zero-order valence-electron chi connectivity index (χ0n) is 16.0. The smallest absolute Gasteiger partial charge is 0.317 e. The van der Waals surface area contributed by atoms with E-state index in [2.05, 4.69) is 10.2 Å². The first-order valence-electron chi connectivity index (χ1n) is 9.02. The number of para-hydroxylation sites is 1. The molecule has 1 unspecified atom stereocenters. The molecule has 2 N–H and O–H groups in total. The Morgan fingerprint density at radius 3 is 2.74 bits per heavy atom. The quantitative estimate of drug-likeness (QED) is 0.691. The predicted octanol–water partition coefficient (Wildman–Crippen LogP) is 1.60. The Bertz CT molecular complexity index is 614. The number of carboxylic acids is 1. The SMILES string of the molecule is COc1ccccc1CNC(=O)CN1CCCC(N(C)CC(=O)O)CC1.Cl. The molecule has 0 saturated carbocycles. The van der Waals surface area contributed by atoms with Gasteiger partial charge in [0.1, 0.15) is 5.75 Å². The zero-order chi connectivity index (χ0) is 18.9. The van der Waals surface area contributed by atoms with Gasteiger partial charge in [-0.3, -0.25) is 19.4 Å². The van der Waals surface area contributed by atoms with Gasteiger partial charge in [-0.05, 0) is 38.9 Å². The lowest BCUT2D eigenvalue weighted by Gasteiger charge is -2.25. The van der Waals surface area contributed by atoms with Crippen molar-refractivity contribution in [3.05, 3.63) is 29.8 Å². The van der Waals surface area contributed by atoms with Crippen molar-refractivity contribution in [2.45, 2.75) is 31.8 Å². The molecule has 27 heavy (non-hydrogen) atoms. The fourth-order valence-electron chi connectivity index (χ4n) is 3.38. The van der Waals surface area contributed by atoms with Crippen LogP contribution in [0.2, 0.25) is 0 Å². The number of likely N-dealkylation sites (N-methyl/N-ethyl adjacent to an activating group) is 1. The van der Waals surface area contributed by atoms with Crippen molar-refractivity contribution in [3.8, 4) is 5.75 Å². The molecular formula is C19H30ClN3O4. The van der Waals surface area contributed by atoms with E-state index in [4.69, 9.17) is 9.84 Å². The maximum Gasteiger partial charge on any atom is 0.317 e. The number of nitrogens with zero attached hydrogens (tertiary/aromatic N) is 2. The van der Waals surface area contributed by atoms with Crippen LogP contribution in [0.1, 0.15) is 24.8 Å². The number of rotatable bonds is 8. The Morgan fingerprint density at radius 2 is 2.04 bits per heavy atom. The van der Waals surface area contributed by atoms with E-state index in [1.54, 1.807) is 7.11 Å². The molecule has 8 heteroatoms. The number of nitrogens with one attached hydrogen (secondary N) is 1. The highest BCUT2D eigenvalue weighted by Gasteiger charge is 2.22. The van der Waals surface area contributed by atoms with Crippen LogP contribution in [0.25, 0.3) is 0 Å². The second-order valence-electron chi connectivity index (χ2n) is 6.76. The molecule has 152 valence electrons. The van der Waals surface area contributed by atoms with Crippen LogP contribution in [0, 0.1) is 0 Å². The van der Waals surface area contributed by atoms with Crippen LogP contribution in [0.3, 0.4) is 0 Å². The summed E-state index contributed by atoms with van der Waals surface area (Å²) in [6.07, 6.45) is 2.81. The number of likely N-dealkylation sites (tertiary alicyclic amines) is 1. The number of hydrogen-bond donors (Lipinski definition) is 2. The first-order valence-corrected chi connectivity index (χ1v) is 9.02. The molecule has 1 amide bonds. The van der Waals surface area contributed by atoms with E-state index < -0.39 is 5.97 Å². The highest BCUT2D eigenvalue weighted by atomic mass is 35.5. The lowest BCUT2D eigenvalue weighted by Crippen LogP contribution is -2.39. The molecule has 1 aliphatic rings. The van der Waals surface area contributed by atoms with E-state index in [0.717, 1.165) is 43.7 Å². The minimum Gasteiger partial charge on any atom is -0.496 e. The van der Waals surface area contributed by atoms with Crippen LogP contribution < -0.4 is 10.1 Å². The number of ether oxygens (including phenoxy) is 1. The van der Waals surface area contributed by atoms with Gasteiger partial charge in [0.2, 0.25) is 5.91 Å². The molecule has 1 aromatic rings. The lowest BCUT2D eigenvalue weighted by molar-refractivity contribution is -0.138. The number of hydrogen-bond acceptors (Lipinski definition) is 5. The van der Waals surface area contributed by atoms with E-state index in [0.29, 0.717) is 13.1 Å². The number of methoxy groups -OCH3 is 1. The highest BCUT2D eigenvalue weighted by molar-refractivity contribution is 5.85. The Labute approximate surface area is 167 Å². The van der Waals surface area contributed by atoms with Crippen molar-refractivity contribution in [3.63, 3.8) is 0 Å². The summed E-state index contributed by atoms with van der Waals surface area (Å²) in [5.74, 6) is -0.0375. The van der Waals surface area contributed by atoms with Gasteiger partial charge < -0.3 is 15.2 Å². The van der Waals surface area contributed by atoms with Crippen molar-refractivity contribution in [1.29, 1.82) is 0 Å². The Hall–Kier alpha value is -1.83. The minimum atomic E-state index is -0.802. The van der Waals surface area contributed by atoms with Crippen LogP contribution in [0.5, 0.6) is 5.75 Å². The lowest BCUT2D eigenvalue weighted by atomic mass is 10.1.